The van der Waals surface area contributed by atoms with Crippen LogP contribution in [0.1, 0.15) is 0 Å². The van der Waals surface area contributed by atoms with E-state index in [2.05, 4.69) is 25.6 Å². The molecule has 0 saturated heterocycles. The number of aromatic nitrogens is 6. The van der Waals surface area contributed by atoms with Gasteiger partial charge >= 0.3 is 0 Å². The summed E-state index contributed by atoms with van der Waals surface area (Å²) >= 11 is 0. The minimum absolute atomic E-state index is 0.585. The summed E-state index contributed by atoms with van der Waals surface area (Å²) < 4.78 is 1.92. The maximum absolute atomic E-state index is 4.00. The Balaban J connectivity index is 2.07. The molecule has 0 aliphatic rings. The molecule has 2 aromatic heterocycles. The minimum Gasteiger partial charge on any atom is -0.306 e. The monoisotopic (exact) mass is 212 g/mol. The number of hydrogen-bond donors (Lipinski definition) is 1. The lowest BCUT2D eigenvalue weighted by molar-refractivity contribution is 0.881. The third-order valence-corrected chi connectivity index (χ3v) is 2.25. The first kappa shape index (κ1) is 8.78. The molecule has 1 N–H and O–H groups in total. The van der Waals surface area contributed by atoms with Crippen LogP contribution >= 0.6 is 0 Å². The van der Waals surface area contributed by atoms with Gasteiger partial charge in [-0.15, -0.1) is 10.2 Å². The summed E-state index contributed by atoms with van der Waals surface area (Å²) in [6.07, 6.45) is 5.37. The number of rotatable bonds is 2. The van der Waals surface area contributed by atoms with Gasteiger partial charge in [0.15, 0.2) is 0 Å². The number of aromatic amines is 1. The van der Waals surface area contributed by atoms with Crippen LogP contribution in [0.4, 0.5) is 0 Å². The van der Waals surface area contributed by atoms with E-state index in [4.69, 9.17) is 0 Å². The van der Waals surface area contributed by atoms with Crippen molar-refractivity contribution in [2.45, 2.75) is 0 Å². The van der Waals surface area contributed by atoms with Crippen LogP contribution in [0.2, 0.25) is 0 Å². The minimum atomic E-state index is 0.585. The maximum Gasteiger partial charge on any atom is 0.204 e. The molecule has 78 valence electrons. The zero-order valence-corrected chi connectivity index (χ0v) is 8.28. The molecule has 6 heteroatoms. The van der Waals surface area contributed by atoms with Gasteiger partial charge in [-0.1, -0.05) is 12.1 Å². The molecule has 2 heterocycles. The van der Waals surface area contributed by atoms with Crippen molar-refractivity contribution in [1.29, 1.82) is 0 Å². The van der Waals surface area contributed by atoms with E-state index in [0.29, 0.717) is 5.82 Å². The Bertz CT molecular complexity index is 520. The number of H-pyrrole nitrogens is 1. The normalized spacial score (nSPS) is 10.5. The van der Waals surface area contributed by atoms with E-state index in [1.54, 1.807) is 12.5 Å². The molecule has 16 heavy (non-hydrogen) atoms. The van der Waals surface area contributed by atoms with Gasteiger partial charge in [-0.25, -0.2) is 4.98 Å². The predicted molar refractivity (Wildman–Crippen MR) is 56.7 cm³/mol. The average molecular weight is 212 g/mol. The predicted octanol–water partition coefficient (Wildman–Crippen LogP) is 1.05. The average Bonchev–Trinajstić information content (AvgIpc) is 3.03. The second-order valence-corrected chi connectivity index (χ2v) is 3.26. The fourth-order valence-corrected chi connectivity index (χ4v) is 1.50. The SMILES string of the molecule is c1cc(-c2nn[nH]n2)cc(-n2ccnc2)c1. The zero-order valence-electron chi connectivity index (χ0n) is 8.28. The van der Waals surface area contributed by atoms with E-state index in [1.165, 1.54) is 0 Å². The van der Waals surface area contributed by atoms with E-state index in [0.717, 1.165) is 11.3 Å². The molecular weight excluding hydrogens is 204 g/mol. The second-order valence-electron chi connectivity index (χ2n) is 3.26. The summed E-state index contributed by atoms with van der Waals surface area (Å²) in [5.74, 6) is 0.585. The van der Waals surface area contributed by atoms with Gasteiger partial charge in [0.1, 0.15) is 0 Å². The quantitative estimate of drug-likeness (QED) is 0.689. The van der Waals surface area contributed by atoms with Gasteiger partial charge in [0, 0.05) is 23.6 Å². The van der Waals surface area contributed by atoms with Gasteiger partial charge in [0.05, 0.1) is 6.33 Å². The van der Waals surface area contributed by atoms with Gasteiger partial charge in [-0.05, 0) is 17.3 Å². The van der Waals surface area contributed by atoms with Crippen LogP contribution in [-0.4, -0.2) is 30.2 Å². The smallest absolute Gasteiger partial charge is 0.204 e. The van der Waals surface area contributed by atoms with Crippen molar-refractivity contribution in [2.75, 3.05) is 0 Å². The summed E-state index contributed by atoms with van der Waals surface area (Å²) in [6, 6.07) is 7.85. The van der Waals surface area contributed by atoms with Gasteiger partial charge in [-0.2, -0.15) is 5.21 Å². The molecule has 0 unspecified atom stereocenters. The number of nitrogens with one attached hydrogen (secondary N) is 1. The first-order valence-corrected chi connectivity index (χ1v) is 4.76. The molecule has 0 spiro atoms. The van der Waals surface area contributed by atoms with Gasteiger partial charge < -0.3 is 4.57 Å². The maximum atomic E-state index is 4.00. The van der Waals surface area contributed by atoms with Gasteiger partial charge in [-0.3, -0.25) is 0 Å². The lowest BCUT2D eigenvalue weighted by Gasteiger charge is -2.02. The van der Waals surface area contributed by atoms with Crippen LogP contribution in [-0.2, 0) is 0 Å². The van der Waals surface area contributed by atoms with Crippen molar-refractivity contribution >= 4 is 0 Å². The first-order chi connectivity index (χ1) is 7.93. The van der Waals surface area contributed by atoms with Crippen LogP contribution in [0.15, 0.2) is 43.0 Å². The van der Waals surface area contributed by atoms with Crippen molar-refractivity contribution in [3.63, 3.8) is 0 Å². The molecule has 0 radical (unpaired) electrons. The number of tetrazole rings is 1. The lowest BCUT2D eigenvalue weighted by atomic mass is 10.2. The van der Waals surface area contributed by atoms with Crippen molar-refractivity contribution in [3.05, 3.63) is 43.0 Å². The third-order valence-electron chi connectivity index (χ3n) is 2.25. The Hall–Kier alpha value is -2.50. The Morgan fingerprint density at radius 3 is 3.00 bits per heavy atom. The number of hydrogen-bond acceptors (Lipinski definition) is 4. The Morgan fingerprint density at radius 2 is 2.25 bits per heavy atom. The van der Waals surface area contributed by atoms with Crippen molar-refractivity contribution < 1.29 is 0 Å². The highest BCUT2D eigenvalue weighted by Gasteiger charge is 2.03. The van der Waals surface area contributed by atoms with E-state index < -0.39 is 0 Å². The summed E-state index contributed by atoms with van der Waals surface area (Å²) in [7, 11) is 0. The first-order valence-electron chi connectivity index (χ1n) is 4.76. The Labute approximate surface area is 91.0 Å². The van der Waals surface area contributed by atoms with E-state index in [-0.39, 0.29) is 0 Å². The van der Waals surface area contributed by atoms with Gasteiger partial charge in [0.25, 0.3) is 0 Å². The van der Waals surface area contributed by atoms with E-state index in [9.17, 15) is 0 Å². The largest absolute Gasteiger partial charge is 0.306 e. The fourth-order valence-electron chi connectivity index (χ4n) is 1.50. The molecule has 1 aromatic carbocycles. The summed E-state index contributed by atoms with van der Waals surface area (Å²) in [4.78, 5) is 4.00. The molecule has 3 rings (SSSR count). The highest BCUT2D eigenvalue weighted by atomic mass is 15.5. The second kappa shape index (κ2) is 3.58. The number of benzene rings is 1. The number of nitrogens with zero attached hydrogens (tertiary/aromatic N) is 5. The summed E-state index contributed by atoms with van der Waals surface area (Å²) in [5, 5.41) is 13.8. The third kappa shape index (κ3) is 1.46. The van der Waals surface area contributed by atoms with Crippen LogP contribution in [0, 0.1) is 0 Å². The van der Waals surface area contributed by atoms with E-state index in [1.807, 2.05) is 35.0 Å². The molecule has 0 aliphatic carbocycles. The van der Waals surface area contributed by atoms with Crippen LogP contribution in [0.3, 0.4) is 0 Å². The fraction of sp³-hybridized carbons (Fsp3) is 0. The standard InChI is InChI=1S/C10H8N6/c1-2-8(10-12-14-15-13-10)6-9(3-1)16-5-4-11-7-16/h1-7H,(H,12,13,14,15). The molecule has 3 aromatic rings. The summed E-state index contributed by atoms with van der Waals surface area (Å²) in [5.41, 5.74) is 1.93. The molecule has 0 aliphatic heterocycles. The van der Waals surface area contributed by atoms with Crippen LogP contribution in [0.5, 0.6) is 0 Å². The molecule has 0 atom stereocenters. The Kier molecular flexibility index (Phi) is 1.96. The topological polar surface area (TPSA) is 72.3 Å². The molecule has 0 saturated carbocycles. The molecular formula is C10H8N6. The summed E-state index contributed by atoms with van der Waals surface area (Å²) in [6.45, 7) is 0. The zero-order chi connectivity index (χ0) is 10.8. The van der Waals surface area contributed by atoms with Crippen LogP contribution < -0.4 is 0 Å². The molecule has 6 nitrogen and oxygen atoms in total. The molecule has 0 fully saturated rings. The van der Waals surface area contributed by atoms with Crippen LogP contribution in [0.25, 0.3) is 17.1 Å². The lowest BCUT2D eigenvalue weighted by Crippen LogP contribution is -1.90. The number of imidazole rings is 1. The van der Waals surface area contributed by atoms with Crippen molar-refractivity contribution in [1.82, 2.24) is 30.2 Å². The Morgan fingerprint density at radius 1 is 1.25 bits per heavy atom. The van der Waals surface area contributed by atoms with E-state index >= 15 is 0 Å². The van der Waals surface area contributed by atoms with Crippen molar-refractivity contribution in [2.24, 2.45) is 0 Å². The van der Waals surface area contributed by atoms with Crippen molar-refractivity contribution in [3.8, 4) is 17.1 Å². The van der Waals surface area contributed by atoms with Gasteiger partial charge in [0.2, 0.25) is 5.82 Å². The highest BCUT2D eigenvalue weighted by Crippen LogP contribution is 2.17. The molecule has 0 bridgehead atoms. The highest BCUT2D eigenvalue weighted by molar-refractivity contribution is 5.58. The molecule has 0 amide bonds.